The van der Waals surface area contributed by atoms with E-state index in [-0.39, 0.29) is 11.4 Å². The molecular weight excluding hydrogens is 241 g/mol. The molecule has 0 amide bonds. The third-order valence-corrected chi connectivity index (χ3v) is 3.68. The zero-order chi connectivity index (χ0) is 13.1. The van der Waals surface area contributed by atoms with Gasteiger partial charge in [-0.05, 0) is 27.0 Å². The molecule has 0 radical (unpaired) electrons. The summed E-state index contributed by atoms with van der Waals surface area (Å²) in [5.41, 5.74) is 0.486. The average Bonchev–Trinajstić information content (AvgIpc) is 2.31. The van der Waals surface area contributed by atoms with Gasteiger partial charge >= 0.3 is 0 Å². The lowest BCUT2D eigenvalue weighted by atomic mass is 10.1. The Kier molecular flexibility index (Phi) is 4.78. The van der Waals surface area contributed by atoms with E-state index in [0.29, 0.717) is 23.7 Å². The van der Waals surface area contributed by atoms with Crippen LogP contribution in [0.4, 0.5) is 4.39 Å². The molecule has 0 heterocycles. The van der Waals surface area contributed by atoms with Gasteiger partial charge in [0.1, 0.15) is 11.6 Å². The van der Waals surface area contributed by atoms with Gasteiger partial charge in [-0.15, -0.1) is 11.6 Å². The molecule has 0 atom stereocenters. The summed E-state index contributed by atoms with van der Waals surface area (Å²) in [7, 11) is 3.46. The maximum Gasteiger partial charge on any atom is 0.131 e. The van der Waals surface area contributed by atoms with Crippen LogP contribution in [-0.4, -0.2) is 30.5 Å². The second-order valence-corrected chi connectivity index (χ2v) is 5.03. The summed E-state index contributed by atoms with van der Waals surface area (Å²) in [5.74, 6) is 0.786. The highest BCUT2D eigenvalue weighted by Gasteiger charge is 2.23. The fraction of sp³-hybridized carbons (Fsp3) is 0.538. The highest BCUT2D eigenvalue weighted by molar-refractivity contribution is 6.18. The van der Waals surface area contributed by atoms with Gasteiger partial charge < -0.3 is 4.74 Å². The zero-order valence-corrected chi connectivity index (χ0v) is 11.5. The second-order valence-electron chi connectivity index (χ2n) is 4.76. The van der Waals surface area contributed by atoms with Crippen molar-refractivity contribution in [2.24, 2.45) is 0 Å². The van der Waals surface area contributed by atoms with Crippen LogP contribution in [-0.2, 0) is 6.54 Å². The molecule has 0 N–H and O–H groups in total. The fourth-order valence-electron chi connectivity index (χ4n) is 1.35. The molecule has 0 aliphatic carbocycles. The molecule has 0 spiro atoms. The predicted molar refractivity (Wildman–Crippen MR) is 69.2 cm³/mol. The molecule has 1 aromatic carbocycles. The fourth-order valence-corrected chi connectivity index (χ4v) is 1.56. The van der Waals surface area contributed by atoms with Crippen molar-refractivity contribution in [3.05, 3.63) is 29.6 Å². The van der Waals surface area contributed by atoms with Crippen LogP contribution in [0.1, 0.15) is 19.4 Å². The molecule has 0 bridgehead atoms. The van der Waals surface area contributed by atoms with Crippen LogP contribution in [0.25, 0.3) is 0 Å². The maximum atomic E-state index is 13.7. The summed E-state index contributed by atoms with van der Waals surface area (Å²) in [6, 6.07) is 4.91. The van der Waals surface area contributed by atoms with Crippen molar-refractivity contribution >= 4 is 11.6 Å². The molecule has 1 rings (SSSR count). The Hall–Kier alpha value is -0.800. The first-order chi connectivity index (χ1) is 7.90. The Labute approximate surface area is 107 Å². The van der Waals surface area contributed by atoms with Crippen LogP contribution < -0.4 is 4.74 Å². The number of alkyl halides is 1. The summed E-state index contributed by atoms with van der Waals surface area (Å²) >= 11 is 5.89. The van der Waals surface area contributed by atoms with Gasteiger partial charge in [0.25, 0.3) is 0 Å². The van der Waals surface area contributed by atoms with E-state index in [9.17, 15) is 4.39 Å². The largest absolute Gasteiger partial charge is 0.497 e. The van der Waals surface area contributed by atoms with E-state index >= 15 is 0 Å². The topological polar surface area (TPSA) is 12.5 Å². The summed E-state index contributed by atoms with van der Waals surface area (Å²) in [5, 5.41) is 0. The number of rotatable bonds is 5. The van der Waals surface area contributed by atoms with Gasteiger partial charge in [-0.1, -0.05) is 6.07 Å². The first-order valence-electron chi connectivity index (χ1n) is 5.50. The van der Waals surface area contributed by atoms with Gasteiger partial charge in [0.05, 0.1) is 7.11 Å². The summed E-state index contributed by atoms with van der Waals surface area (Å²) in [6.45, 7) is 4.58. The van der Waals surface area contributed by atoms with Gasteiger partial charge in [-0.25, -0.2) is 4.39 Å². The van der Waals surface area contributed by atoms with E-state index in [1.807, 2.05) is 25.8 Å². The molecular formula is C13H19ClFNO. The van der Waals surface area contributed by atoms with E-state index in [1.165, 1.54) is 13.2 Å². The number of methoxy groups -OCH3 is 1. The summed E-state index contributed by atoms with van der Waals surface area (Å²) < 4.78 is 18.7. The zero-order valence-electron chi connectivity index (χ0n) is 10.8. The van der Waals surface area contributed by atoms with Crippen molar-refractivity contribution in [3.63, 3.8) is 0 Å². The SMILES string of the molecule is COc1ccc(CN(C)C(C)(C)CCl)c(F)c1. The molecule has 0 aliphatic heterocycles. The number of hydrogen-bond donors (Lipinski definition) is 0. The molecule has 96 valence electrons. The van der Waals surface area contributed by atoms with Crippen molar-refractivity contribution in [1.82, 2.24) is 4.90 Å². The number of hydrogen-bond acceptors (Lipinski definition) is 2. The minimum Gasteiger partial charge on any atom is -0.497 e. The molecule has 0 aliphatic rings. The van der Waals surface area contributed by atoms with Crippen LogP contribution in [0.5, 0.6) is 5.75 Å². The Balaban J connectivity index is 2.82. The molecule has 0 unspecified atom stereocenters. The van der Waals surface area contributed by atoms with Crippen LogP contribution in [0.15, 0.2) is 18.2 Å². The molecule has 0 saturated carbocycles. The first-order valence-corrected chi connectivity index (χ1v) is 6.04. The second kappa shape index (κ2) is 5.69. The van der Waals surface area contributed by atoms with E-state index in [2.05, 4.69) is 0 Å². The third-order valence-electron chi connectivity index (χ3n) is 3.03. The number of nitrogens with zero attached hydrogens (tertiary/aromatic N) is 1. The van der Waals surface area contributed by atoms with Gasteiger partial charge in [0.2, 0.25) is 0 Å². The van der Waals surface area contributed by atoms with Crippen molar-refractivity contribution in [2.45, 2.75) is 25.9 Å². The van der Waals surface area contributed by atoms with Gasteiger partial charge in [-0.3, -0.25) is 4.90 Å². The maximum absolute atomic E-state index is 13.7. The number of halogens is 2. The van der Waals surface area contributed by atoms with Crippen LogP contribution in [0.3, 0.4) is 0 Å². The van der Waals surface area contributed by atoms with Crippen LogP contribution in [0.2, 0.25) is 0 Å². The van der Waals surface area contributed by atoms with Crippen LogP contribution in [0, 0.1) is 5.82 Å². The smallest absolute Gasteiger partial charge is 0.131 e. The Morgan fingerprint density at radius 3 is 2.53 bits per heavy atom. The van der Waals surface area contributed by atoms with Crippen molar-refractivity contribution in [1.29, 1.82) is 0 Å². The molecule has 17 heavy (non-hydrogen) atoms. The molecule has 1 aromatic rings. The monoisotopic (exact) mass is 259 g/mol. The van der Waals surface area contributed by atoms with Crippen molar-refractivity contribution in [2.75, 3.05) is 20.0 Å². The quantitative estimate of drug-likeness (QED) is 0.753. The third kappa shape index (κ3) is 3.58. The summed E-state index contributed by atoms with van der Waals surface area (Å²) in [4.78, 5) is 2.03. The molecule has 0 saturated heterocycles. The minimum atomic E-state index is -0.249. The first kappa shape index (κ1) is 14.3. The lowest BCUT2D eigenvalue weighted by molar-refractivity contribution is 0.168. The molecule has 2 nitrogen and oxygen atoms in total. The van der Waals surface area contributed by atoms with E-state index in [0.717, 1.165) is 0 Å². The van der Waals surface area contributed by atoms with E-state index in [4.69, 9.17) is 16.3 Å². The van der Waals surface area contributed by atoms with Gasteiger partial charge in [0.15, 0.2) is 0 Å². The predicted octanol–water partition coefficient (Wildman–Crippen LogP) is 3.28. The number of benzene rings is 1. The Morgan fingerprint density at radius 2 is 2.06 bits per heavy atom. The summed E-state index contributed by atoms with van der Waals surface area (Å²) in [6.07, 6.45) is 0. The van der Waals surface area contributed by atoms with E-state index < -0.39 is 0 Å². The van der Waals surface area contributed by atoms with Crippen molar-refractivity contribution in [3.8, 4) is 5.75 Å². The van der Waals surface area contributed by atoms with E-state index in [1.54, 1.807) is 12.1 Å². The Bertz CT molecular complexity index is 382. The highest BCUT2D eigenvalue weighted by atomic mass is 35.5. The Morgan fingerprint density at radius 1 is 1.41 bits per heavy atom. The van der Waals surface area contributed by atoms with Crippen molar-refractivity contribution < 1.29 is 9.13 Å². The molecule has 0 aromatic heterocycles. The van der Waals surface area contributed by atoms with Crippen LogP contribution >= 0.6 is 11.6 Å². The lowest BCUT2D eigenvalue weighted by Gasteiger charge is -2.33. The highest BCUT2D eigenvalue weighted by Crippen LogP contribution is 2.21. The molecule has 4 heteroatoms. The minimum absolute atomic E-state index is 0.159. The standard InChI is InChI=1S/C13H19ClFNO/c1-13(2,9-14)16(3)8-10-5-6-11(17-4)7-12(10)15/h5-7H,8-9H2,1-4H3. The van der Waals surface area contributed by atoms with Gasteiger partial charge in [-0.2, -0.15) is 0 Å². The molecule has 0 fully saturated rings. The van der Waals surface area contributed by atoms with Gasteiger partial charge in [0, 0.05) is 29.6 Å². The lowest BCUT2D eigenvalue weighted by Crippen LogP contribution is -2.42. The normalized spacial score (nSPS) is 11.9. The average molecular weight is 260 g/mol. The number of ether oxygens (including phenoxy) is 1.